The van der Waals surface area contributed by atoms with Crippen molar-refractivity contribution in [3.8, 4) is 0 Å². The maximum absolute atomic E-state index is 13.3. The number of amides is 1. The lowest BCUT2D eigenvalue weighted by Gasteiger charge is -2.28. The summed E-state index contributed by atoms with van der Waals surface area (Å²) in [6, 6.07) is 24.2. The van der Waals surface area contributed by atoms with Crippen molar-refractivity contribution >= 4 is 22.6 Å². The number of carbonyl (C=O) groups is 2. The molecule has 4 aromatic rings. The molecule has 0 radical (unpaired) electrons. The molecule has 0 saturated carbocycles. The Morgan fingerprint density at radius 1 is 0.949 bits per heavy atom. The summed E-state index contributed by atoms with van der Waals surface area (Å²) < 4.78 is 13.1. The molecule has 0 aliphatic carbocycles. The number of hydrogen-bond acceptors (Lipinski definition) is 4. The molecule has 0 unspecified atom stereocenters. The predicted molar refractivity (Wildman–Crippen MR) is 153 cm³/mol. The number of allylic oxidation sites excluding steroid dienone is 1. The molecule has 1 fully saturated rings. The fourth-order valence-corrected chi connectivity index (χ4v) is 4.85. The SMILES string of the molecule is Cc1ccc(C(=O)c2cn(Cc3ccc(CC=CO[C@H](C)C(=O)N4CCOCC4)cc3)c3ccccc23)cc1. The number of para-hydroxylation sites is 1. The van der Waals surface area contributed by atoms with Crippen LogP contribution in [-0.2, 0) is 27.2 Å². The van der Waals surface area contributed by atoms with Crippen LogP contribution in [0.3, 0.4) is 0 Å². The molecule has 2 heterocycles. The third-order valence-electron chi connectivity index (χ3n) is 7.13. The van der Waals surface area contributed by atoms with Crippen LogP contribution in [0.1, 0.15) is 39.5 Å². The lowest BCUT2D eigenvalue weighted by molar-refractivity contribution is -0.143. The second-order valence-corrected chi connectivity index (χ2v) is 9.99. The summed E-state index contributed by atoms with van der Waals surface area (Å²) in [4.78, 5) is 27.5. The van der Waals surface area contributed by atoms with Crippen LogP contribution in [0.5, 0.6) is 0 Å². The number of ketones is 1. The highest BCUT2D eigenvalue weighted by Crippen LogP contribution is 2.25. The molecular formula is C33H34N2O4. The van der Waals surface area contributed by atoms with Crippen molar-refractivity contribution in [3.63, 3.8) is 0 Å². The predicted octanol–water partition coefficient (Wildman–Crippen LogP) is 5.55. The van der Waals surface area contributed by atoms with Gasteiger partial charge in [0.05, 0.1) is 19.5 Å². The number of morpholine rings is 1. The molecule has 3 aromatic carbocycles. The first-order chi connectivity index (χ1) is 19.0. The monoisotopic (exact) mass is 522 g/mol. The van der Waals surface area contributed by atoms with Gasteiger partial charge in [0.15, 0.2) is 11.9 Å². The zero-order valence-electron chi connectivity index (χ0n) is 22.5. The molecule has 0 N–H and O–H groups in total. The van der Waals surface area contributed by atoms with Gasteiger partial charge < -0.3 is 18.9 Å². The van der Waals surface area contributed by atoms with Crippen molar-refractivity contribution < 1.29 is 19.1 Å². The Bertz CT molecular complexity index is 1460. The van der Waals surface area contributed by atoms with Crippen LogP contribution < -0.4 is 0 Å². The van der Waals surface area contributed by atoms with Crippen molar-refractivity contribution in [1.82, 2.24) is 9.47 Å². The third-order valence-corrected chi connectivity index (χ3v) is 7.13. The van der Waals surface area contributed by atoms with Gasteiger partial charge in [-0.1, -0.05) is 72.3 Å². The summed E-state index contributed by atoms with van der Waals surface area (Å²) in [6.07, 6.45) is 5.72. The topological polar surface area (TPSA) is 60.8 Å². The van der Waals surface area contributed by atoms with Crippen LogP contribution in [-0.4, -0.2) is 53.6 Å². The number of fused-ring (bicyclic) bond motifs is 1. The van der Waals surface area contributed by atoms with Gasteiger partial charge in [0.25, 0.3) is 5.91 Å². The van der Waals surface area contributed by atoms with Crippen molar-refractivity contribution in [3.05, 3.63) is 119 Å². The molecule has 39 heavy (non-hydrogen) atoms. The molecule has 0 spiro atoms. The minimum Gasteiger partial charge on any atom is -0.489 e. The average molecular weight is 523 g/mol. The number of nitrogens with zero attached hydrogens (tertiary/aromatic N) is 2. The summed E-state index contributed by atoms with van der Waals surface area (Å²) in [7, 11) is 0. The Kier molecular flexibility index (Phi) is 8.23. The van der Waals surface area contributed by atoms with Crippen LogP contribution in [0, 0.1) is 6.92 Å². The van der Waals surface area contributed by atoms with E-state index in [4.69, 9.17) is 9.47 Å². The Hall–Kier alpha value is -4.16. The molecule has 1 amide bonds. The number of aryl methyl sites for hydroxylation is 1. The molecule has 200 valence electrons. The minimum absolute atomic E-state index is 0.00596. The molecule has 6 nitrogen and oxygen atoms in total. The number of benzene rings is 3. The number of rotatable bonds is 9. The second-order valence-electron chi connectivity index (χ2n) is 9.99. The molecule has 1 aromatic heterocycles. The lowest BCUT2D eigenvalue weighted by Crippen LogP contribution is -2.45. The van der Waals surface area contributed by atoms with E-state index in [0.29, 0.717) is 44.8 Å². The minimum atomic E-state index is -0.513. The summed E-state index contributed by atoms with van der Waals surface area (Å²) in [5.74, 6) is 0.0313. The highest BCUT2D eigenvalue weighted by Gasteiger charge is 2.22. The summed E-state index contributed by atoms with van der Waals surface area (Å²) in [6.45, 7) is 6.86. The van der Waals surface area contributed by atoms with Crippen LogP contribution in [0.15, 0.2) is 91.3 Å². The Labute approximate surface area is 229 Å². The normalized spacial score (nSPS) is 14.6. The fraction of sp³-hybridized carbons (Fsp3) is 0.273. The quantitative estimate of drug-likeness (QED) is 0.214. The largest absolute Gasteiger partial charge is 0.489 e. The van der Waals surface area contributed by atoms with E-state index in [-0.39, 0.29) is 11.7 Å². The van der Waals surface area contributed by atoms with Gasteiger partial charge in [-0.05, 0) is 43.5 Å². The summed E-state index contributed by atoms with van der Waals surface area (Å²) >= 11 is 0. The molecule has 1 saturated heterocycles. The van der Waals surface area contributed by atoms with Gasteiger partial charge in [-0.2, -0.15) is 0 Å². The average Bonchev–Trinajstić information content (AvgIpc) is 3.34. The van der Waals surface area contributed by atoms with Crippen molar-refractivity contribution in [1.29, 1.82) is 0 Å². The Balaban J connectivity index is 1.21. The van der Waals surface area contributed by atoms with Crippen molar-refractivity contribution in [2.24, 2.45) is 0 Å². The molecule has 0 bridgehead atoms. The molecule has 5 rings (SSSR count). The van der Waals surface area contributed by atoms with Crippen LogP contribution in [0.2, 0.25) is 0 Å². The summed E-state index contributed by atoms with van der Waals surface area (Å²) in [5, 5.41) is 0.964. The zero-order chi connectivity index (χ0) is 27.2. The molecule has 1 aliphatic heterocycles. The lowest BCUT2D eigenvalue weighted by atomic mass is 10.0. The standard InChI is InChI=1S/C33H34N2O4/c1-24-9-15-28(16-10-24)32(36)30-23-35(31-8-4-3-7-29(30)31)22-27-13-11-26(12-14-27)6-5-19-39-25(2)33(37)34-17-20-38-21-18-34/h3-5,7-16,19,23,25H,6,17-18,20-22H2,1-2H3/t25-/m1/s1. The molecule has 6 heteroatoms. The summed E-state index contributed by atoms with van der Waals surface area (Å²) in [5.41, 5.74) is 5.89. The van der Waals surface area contributed by atoms with Gasteiger partial charge in [-0.15, -0.1) is 0 Å². The van der Waals surface area contributed by atoms with Gasteiger partial charge in [0.2, 0.25) is 0 Å². The Morgan fingerprint density at radius 3 is 2.38 bits per heavy atom. The van der Waals surface area contributed by atoms with Gasteiger partial charge in [0, 0.05) is 47.9 Å². The van der Waals surface area contributed by atoms with E-state index < -0.39 is 6.10 Å². The third kappa shape index (κ3) is 6.29. The van der Waals surface area contributed by atoms with E-state index in [0.717, 1.165) is 33.2 Å². The number of hydrogen-bond donors (Lipinski definition) is 0. The van der Waals surface area contributed by atoms with E-state index in [1.807, 2.05) is 61.7 Å². The van der Waals surface area contributed by atoms with Gasteiger partial charge in [-0.25, -0.2) is 0 Å². The van der Waals surface area contributed by atoms with E-state index in [1.165, 1.54) is 0 Å². The molecular weight excluding hydrogens is 488 g/mol. The van der Waals surface area contributed by atoms with Gasteiger partial charge in [0.1, 0.15) is 0 Å². The van der Waals surface area contributed by atoms with E-state index >= 15 is 0 Å². The van der Waals surface area contributed by atoms with Crippen LogP contribution in [0.4, 0.5) is 0 Å². The van der Waals surface area contributed by atoms with Crippen LogP contribution >= 0.6 is 0 Å². The molecule has 1 atom stereocenters. The maximum atomic E-state index is 13.3. The first kappa shape index (κ1) is 26.4. The molecule has 1 aliphatic rings. The number of aromatic nitrogens is 1. The second kappa shape index (κ2) is 12.1. The smallest absolute Gasteiger partial charge is 0.263 e. The van der Waals surface area contributed by atoms with Gasteiger partial charge >= 0.3 is 0 Å². The maximum Gasteiger partial charge on any atom is 0.263 e. The fourth-order valence-electron chi connectivity index (χ4n) is 4.85. The Morgan fingerprint density at radius 2 is 1.64 bits per heavy atom. The van der Waals surface area contributed by atoms with Crippen LogP contribution in [0.25, 0.3) is 10.9 Å². The zero-order valence-corrected chi connectivity index (χ0v) is 22.5. The van der Waals surface area contributed by atoms with E-state index in [9.17, 15) is 9.59 Å². The van der Waals surface area contributed by atoms with E-state index in [2.05, 4.69) is 34.9 Å². The first-order valence-electron chi connectivity index (χ1n) is 13.4. The first-order valence-corrected chi connectivity index (χ1v) is 13.4. The highest BCUT2D eigenvalue weighted by molar-refractivity contribution is 6.16. The van der Waals surface area contributed by atoms with Crippen molar-refractivity contribution in [2.45, 2.75) is 32.9 Å². The van der Waals surface area contributed by atoms with E-state index in [1.54, 1.807) is 18.1 Å². The number of ether oxygens (including phenoxy) is 2. The van der Waals surface area contributed by atoms with Gasteiger partial charge in [-0.3, -0.25) is 9.59 Å². The van der Waals surface area contributed by atoms with Crippen molar-refractivity contribution in [2.75, 3.05) is 26.3 Å². The number of carbonyl (C=O) groups excluding carboxylic acids is 2. The highest BCUT2D eigenvalue weighted by atomic mass is 16.5.